The molecule has 0 radical (unpaired) electrons. The molecule has 22 heavy (non-hydrogen) atoms. The van der Waals surface area contributed by atoms with E-state index in [2.05, 4.69) is 48.5 Å². The third-order valence-electron chi connectivity index (χ3n) is 4.02. The molecule has 3 aromatic carbocycles. The zero-order valence-corrected chi connectivity index (χ0v) is 12.9. The minimum atomic E-state index is 0.682. The summed E-state index contributed by atoms with van der Waals surface area (Å²) in [5, 5.41) is 2.60. The van der Waals surface area contributed by atoms with E-state index in [-0.39, 0.29) is 0 Å². The van der Waals surface area contributed by atoms with Crippen molar-refractivity contribution in [1.82, 2.24) is 0 Å². The van der Waals surface area contributed by atoms with E-state index in [4.69, 9.17) is 10.5 Å². The van der Waals surface area contributed by atoms with Gasteiger partial charge >= 0.3 is 0 Å². The lowest BCUT2D eigenvalue weighted by Gasteiger charge is -2.09. The van der Waals surface area contributed by atoms with E-state index in [0.29, 0.717) is 6.54 Å². The van der Waals surface area contributed by atoms with Gasteiger partial charge in [-0.15, -0.1) is 0 Å². The van der Waals surface area contributed by atoms with Crippen molar-refractivity contribution < 1.29 is 4.74 Å². The van der Waals surface area contributed by atoms with Gasteiger partial charge in [-0.2, -0.15) is 0 Å². The molecule has 0 aliphatic heterocycles. The van der Waals surface area contributed by atoms with Crippen LogP contribution in [0.3, 0.4) is 0 Å². The van der Waals surface area contributed by atoms with Crippen molar-refractivity contribution in [1.29, 1.82) is 0 Å². The Bertz CT molecular complexity index is 762. The molecule has 0 aromatic heterocycles. The van der Waals surface area contributed by atoms with Crippen LogP contribution >= 0.6 is 0 Å². The van der Waals surface area contributed by atoms with Crippen LogP contribution in [0.25, 0.3) is 10.8 Å². The maximum atomic E-state index is 5.73. The van der Waals surface area contributed by atoms with Crippen LogP contribution in [0.1, 0.15) is 16.7 Å². The Morgan fingerprint density at radius 3 is 2.41 bits per heavy atom. The lowest BCUT2D eigenvalue weighted by Crippen LogP contribution is -2.03. The maximum absolute atomic E-state index is 5.73. The van der Waals surface area contributed by atoms with Gasteiger partial charge in [-0.25, -0.2) is 0 Å². The Hall–Kier alpha value is -2.32. The van der Waals surface area contributed by atoms with Crippen LogP contribution in [-0.4, -0.2) is 13.7 Å². The number of methoxy groups -OCH3 is 1. The fourth-order valence-corrected chi connectivity index (χ4v) is 2.85. The topological polar surface area (TPSA) is 35.2 Å². The molecule has 0 unspecified atom stereocenters. The first kappa shape index (κ1) is 14.6. The summed E-state index contributed by atoms with van der Waals surface area (Å²) in [5.41, 5.74) is 9.67. The Morgan fingerprint density at radius 2 is 1.68 bits per heavy atom. The Morgan fingerprint density at radius 1 is 0.909 bits per heavy atom. The van der Waals surface area contributed by atoms with E-state index in [0.717, 1.165) is 18.6 Å². The standard InChI is InChI=1S/C20H21NO/c1-22-19-9-6-15(7-10-19)13-16-5-8-17-3-2-4-18(11-12-21)20(17)14-16/h2-10,14H,11-13,21H2,1H3. The number of hydrogen-bond acceptors (Lipinski definition) is 2. The number of nitrogens with two attached hydrogens (primary N) is 1. The summed E-state index contributed by atoms with van der Waals surface area (Å²) in [6.07, 6.45) is 1.85. The molecule has 0 atom stereocenters. The maximum Gasteiger partial charge on any atom is 0.118 e. The number of benzene rings is 3. The molecule has 0 aliphatic carbocycles. The fraction of sp³-hybridized carbons (Fsp3) is 0.200. The smallest absolute Gasteiger partial charge is 0.118 e. The number of fused-ring (bicyclic) bond motifs is 1. The van der Waals surface area contributed by atoms with Gasteiger partial charge in [0.1, 0.15) is 5.75 Å². The summed E-state index contributed by atoms with van der Waals surface area (Å²) in [4.78, 5) is 0. The zero-order valence-electron chi connectivity index (χ0n) is 12.9. The monoisotopic (exact) mass is 291 g/mol. The molecule has 0 amide bonds. The average molecular weight is 291 g/mol. The molecule has 2 heteroatoms. The van der Waals surface area contributed by atoms with Gasteiger partial charge in [-0.3, -0.25) is 0 Å². The molecule has 0 spiro atoms. The van der Waals surface area contributed by atoms with Crippen LogP contribution in [0.5, 0.6) is 5.75 Å². The van der Waals surface area contributed by atoms with Crippen molar-refractivity contribution in [3.8, 4) is 5.75 Å². The summed E-state index contributed by atoms with van der Waals surface area (Å²) in [6, 6.07) is 21.4. The van der Waals surface area contributed by atoms with Gasteiger partial charge in [0.25, 0.3) is 0 Å². The average Bonchev–Trinajstić information content (AvgIpc) is 2.56. The first-order valence-electron chi connectivity index (χ1n) is 7.63. The van der Waals surface area contributed by atoms with Gasteiger partial charge in [-0.05, 0) is 59.0 Å². The number of rotatable bonds is 5. The van der Waals surface area contributed by atoms with Crippen molar-refractivity contribution in [2.24, 2.45) is 5.73 Å². The van der Waals surface area contributed by atoms with E-state index in [9.17, 15) is 0 Å². The van der Waals surface area contributed by atoms with Crippen molar-refractivity contribution in [3.63, 3.8) is 0 Å². The van der Waals surface area contributed by atoms with Crippen molar-refractivity contribution >= 4 is 10.8 Å². The molecule has 3 aromatic rings. The second-order valence-corrected chi connectivity index (χ2v) is 5.54. The molecule has 3 rings (SSSR count). The second-order valence-electron chi connectivity index (χ2n) is 5.54. The lowest BCUT2D eigenvalue weighted by atomic mass is 9.97. The summed E-state index contributed by atoms with van der Waals surface area (Å²) in [5.74, 6) is 0.896. The molecule has 0 saturated carbocycles. The molecule has 0 aliphatic rings. The van der Waals surface area contributed by atoms with E-state index in [1.165, 1.54) is 27.5 Å². The Balaban J connectivity index is 1.91. The minimum absolute atomic E-state index is 0.682. The summed E-state index contributed by atoms with van der Waals surface area (Å²) in [7, 11) is 1.69. The fourth-order valence-electron chi connectivity index (χ4n) is 2.85. The van der Waals surface area contributed by atoms with Crippen molar-refractivity contribution in [3.05, 3.63) is 77.4 Å². The Labute approximate surface area is 131 Å². The molecular formula is C20H21NO. The normalized spacial score (nSPS) is 10.8. The van der Waals surface area contributed by atoms with Gasteiger partial charge in [0.05, 0.1) is 7.11 Å². The highest BCUT2D eigenvalue weighted by Crippen LogP contribution is 2.23. The first-order valence-corrected chi connectivity index (χ1v) is 7.63. The molecule has 0 bridgehead atoms. The van der Waals surface area contributed by atoms with Gasteiger partial charge in [0.2, 0.25) is 0 Å². The van der Waals surface area contributed by atoms with E-state index in [1.807, 2.05) is 12.1 Å². The molecule has 0 saturated heterocycles. The van der Waals surface area contributed by atoms with Crippen LogP contribution in [0.2, 0.25) is 0 Å². The van der Waals surface area contributed by atoms with Crippen LogP contribution in [0, 0.1) is 0 Å². The molecule has 2 nitrogen and oxygen atoms in total. The molecule has 0 fully saturated rings. The summed E-state index contributed by atoms with van der Waals surface area (Å²) < 4.78 is 5.21. The third kappa shape index (κ3) is 3.12. The molecule has 0 heterocycles. The van der Waals surface area contributed by atoms with Crippen molar-refractivity contribution in [2.75, 3.05) is 13.7 Å². The highest BCUT2D eigenvalue weighted by atomic mass is 16.5. The highest BCUT2D eigenvalue weighted by Gasteiger charge is 2.03. The largest absolute Gasteiger partial charge is 0.497 e. The van der Waals surface area contributed by atoms with Gasteiger partial charge < -0.3 is 10.5 Å². The van der Waals surface area contributed by atoms with Crippen LogP contribution in [-0.2, 0) is 12.8 Å². The van der Waals surface area contributed by atoms with E-state index in [1.54, 1.807) is 7.11 Å². The quantitative estimate of drug-likeness (QED) is 0.772. The minimum Gasteiger partial charge on any atom is -0.497 e. The Kier molecular flexibility index (Phi) is 4.40. The zero-order chi connectivity index (χ0) is 15.4. The summed E-state index contributed by atoms with van der Waals surface area (Å²) in [6.45, 7) is 0.682. The van der Waals surface area contributed by atoms with Crippen LogP contribution in [0.15, 0.2) is 60.7 Å². The molecule has 112 valence electrons. The first-order chi connectivity index (χ1) is 10.8. The number of ether oxygens (including phenoxy) is 1. The van der Waals surface area contributed by atoms with Gasteiger partial charge in [0, 0.05) is 0 Å². The number of hydrogen-bond donors (Lipinski definition) is 1. The van der Waals surface area contributed by atoms with E-state index >= 15 is 0 Å². The van der Waals surface area contributed by atoms with Crippen molar-refractivity contribution in [2.45, 2.75) is 12.8 Å². The summed E-state index contributed by atoms with van der Waals surface area (Å²) >= 11 is 0. The predicted octanol–water partition coefficient (Wildman–Crippen LogP) is 3.94. The highest BCUT2D eigenvalue weighted by molar-refractivity contribution is 5.86. The predicted molar refractivity (Wildman–Crippen MR) is 92.5 cm³/mol. The molecular weight excluding hydrogens is 270 g/mol. The second kappa shape index (κ2) is 6.63. The van der Waals surface area contributed by atoms with Crippen LogP contribution < -0.4 is 10.5 Å². The van der Waals surface area contributed by atoms with E-state index < -0.39 is 0 Å². The van der Waals surface area contributed by atoms with Crippen LogP contribution in [0.4, 0.5) is 0 Å². The molecule has 2 N–H and O–H groups in total. The third-order valence-corrected chi connectivity index (χ3v) is 4.02. The lowest BCUT2D eigenvalue weighted by molar-refractivity contribution is 0.414. The van der Waals surface area contributed by atoms with Gasteiger partial charge in [0.15, 0.2) is 0 Å². The SMILES string of the molecule is COc1ccc(Cc2ccc3cccc(CCN)c3c2)cc1. The van der Waals surface area contributed by atoms with Gasteiger partial charge in [-0.1, -0.05) is 48.5 Å².